The van der Waals surface area contributed by atoms with Gasteiger partial charge in [0.15, 0.2) is 30.9 Å². The van der Waals surface area contributed by atoms with Crippen molar-refractivity contribution in [2.45, 2.75) is 209 Å². The number of carbonyl (C=O) groups is 1. The number of hydrogen-bond donors (Lipinski definition) is 2. The van der Waals surface area contributed by atoms with Crippen molar-refractivity contribution in [1.82, 2.24) is 5.32 Å². The third-order valence-corrected chi connectivity index (χ3v) is 18.5. The average molecular weight is 1390 g/mol. The zero-order valence-corrected chi connectivity index (χ0v) is 57.9. The second-order valence-electron chi connectivity index (χ2n) is 26.5. The number of aliphatic hydroxyl groups is 1. The minimum absolute atomic E-state index is 0.00503. The van der Waals surface area contributed by atoms with Crippen LogP contribution in [0.15, 0.2) is 225 Å². The Morgan fingerprint density at radius 2 is 0.822 bits per heavy atom. The molecule has 20 heteroatoms. The maximum Gasteiger partial charge on any atom is 0.217 e. The van der Waals surface area contributed by atoms with Crippen LogP contribution in [0.3, 0.4) is 0 Å². The molecule has 5 saturated heterocycles. The van der Waals surface area contributed by atoms with Crippen LogP contribution in [-0.2, 0) is 132 Å². The van der Waals surface area contributed by atoms with Crippen molar-refractivity contribution in [1.29, 1.82) is 0 Å². The minimum Gasteiger partial charge on any atom is -0.388 e. The molecule has 0 bridgehead atoms. The second kappa shape index (κ2) is 36.4. The van der Waals surface area contributed by atoms with E-state index < -0.39 is 134 Å². The van der Waals surface area contributed by atoms with Gasteiger partial charge in [0.05, 0.1) is 78.3 Å². The van der Waals surface area contributed by atoms with Gasteiger partial charge in [0, 0.05) is 6.92 Å². The van der Waals surface area contributed by atoms with Crippen molar-refractivity contribution in [3.05, 3.63) is 264 Å². The molecule has 0 radical (unpaired) electrons. The van der Waals surface area contributed by atoms with Crippen LogP contribution in [0.1, 0.15) is 73.6 Å². The van der Waals surface area contributed by atoms with E-state index in [-0.39, 0.29) is 66.1 Å². The summed E-state index contributed by atoms with van der Waals surface area (Å²) in [6.45, 7) is 13.8. The number of nitrogens with one attached hydrogen (secondary N) is 1. The number of benzene rings is 7. The Bertz CT molecular complexity index is 3560. The van der Waals surface area contributed by atoms with Crippen LogP contribution in [0.2, 0.25) is 0 Å². The highest BCUT2D eigenvalue weighted by molar-refractivity contribution is 5.73. The molecule has 5 aliphatic heterocycles. The van der Waals surface area contributed by atoms with E-state index in [1.54, 1.807) is 19.9 Å². The van der Waals surface area contributed by atoms with Crippen LogP contribution in [-0.4, -0.2) is 159 Å². The summed E-state index contributed by atoms with van der Waals surface area (Å²) in [5, 5.41) is 15.6. The van der Waals surface area contributed by atoms with Gasteiger partial charge in [0.25, 0.3) is 0 Å². The topological polar surface area (TPSA) is 206 Å². The minimum atomic E-state index is -1.50. The fourth-order valence-electron chi connectivity index (χ4n) is 13.4. The molecule has 5 heterocycles. The summed E-state index contributed by atoms with van der Waals surface area (Å²) in [6.07, 6.45) is -19.2. The Balaban J connectivity index is 1.00. The maximum absolute atomic E-state index is 13.6. The number of ether oxygens (including phenoxy) is 17. The monoisotopic (exact) mass is 1390 g/mol. The highest BCUT2D eigenvalue weighted by Crippen LogP contribution is 2.42. The first-order valence-corrected chi connectivity index (χ1v) is 35.0. The number of aliphatic hydroxyl groups excluding tert-OH is 1. The SMILES string of the molecule is C=CCO[C@@H]1O[C@@H](C)[C@H](OCc2ccccc2)[C@@H](OCc2ccccc2)[C@H]1O[C@@H]1O[C@@H](C)[C@H](OCc2ccccc2)[C@@H](O[C@@H]2O[C@H](COCc3ccccc3)[C@@H](OCc3ccccc3)[C@H](OCc3ccccc3)[C@H]2OCc2ccccc2)[C@H]1O[C@@H]1O[C@@H]2COC(C)(C)O[C@H]2[C@H](O)[C@H]1NC(C)=O. The van der Waals surface area contributed by atoms with Gasteiger partial charge in [-0.15, -0.1) is 6.58 Å². The molecular weight excluding hydrogens is 1290 g/mol. The number of rotatable bonds is 32. The van der Waals surface area contributed by atoms with Gasteiger partial charge in [0.2, 0.25) is 5.91 Å². The van der Waals surface area contributed by atoms with Gasteiger partial charge in [-0.05, 0) is 66.6 Å². The molecule has 0 aliphatic carbocycles. The van der Waals surface area contributed by atoms with Crippen LogP contribution >= 0.6 is 0 Å². The van der Waals surface area contributed by atoms with Gasteiger partial charge in [-0.25, -0.2) is 0 Å². The molecule has 20 nitrogen and oxygen atoms in total. The smallest absolute Gasteiger partial charge is 0.217 e. The summed E-state index contributed by atoms with van der Waals surface area (Å²) in [6, 6.07) is 67.6. The summed E-state index contributed by atoms with van der Waals surface area (Å²) < 4.78 is 120. The van der Waals surface area contributed by atoms with Crippen LogP contribution < -0.4 is 5.32 Å². The lowest BCUT2D eigenvalue weighted by molar-refractivity contribution is -0.417. The lowest BCUT2D eigenvalue weighted by Gasteiger charge is -2.53. The first-order chi connectivity index (χ1) is 49.3. The average Bonchev–Trinajstić information content (AvgIpc) is 0.759. The van der Waals surface area contributed by atoms with E-state index in [0.29, 0.717) is 0 Å². The largest absolute Gasteiger partial charge is 0.388 e. The Labute approximate surface area is 592 Å². The van der Waals surface area contributed by atoms with E-state index in [9.17, 15) is 9.90 Å². The van der Waals surface area contributed by atoms with Gasteiger partial charge in [-0.3, -0.25) is 4.79 Å². The third-order valence-electron chi connectivity index (χ3n) is 18.5. The molecule has 0 aromatic heterocycles. The third kappa shape index (κ3) is 20.1. The molecule has 2 N–H and O–H groups in total. The van der Waals surface area contributed by atoms with E-state index in [1.165, 1.54) is 6.92 Å². The molecule has 0 saturated carbocycles. The van der Waals surface area contributed by atoms with E-state index in [0.717, 1.165) is 38.9 Å². The van der Waals surface area contributed by atoms with Crippen LogP contribution in [0.4, 0.5) is 0 Å². The van der Waals surface area contributed by atoms with E-state index >= 15 is 0 Å². The van der Waals surface area contributed by atoms with E-state index in [2.05, 4.69) is 11.9 Å². The Morgan fingerprint density at radius 3 is 1.28 bits per heavy atom. The first kappa shape index (κ1) is 73.8. The molecular formula is C81H95NO19. The van der Waals surface area contributed by atoms with Crippen molar-refractivity contribution >= 4 is 5.91 Å². The normalized spacial score (nSPS) is 31.0. The van der Waals surface area contributed by atoms with Gasteiger partial charge >= 0.3 is 0 Å². The van der Waals surface area contributed by atoms with Gasteiger partial charge in [-0.1, -0.05) is 218 Å². The summed E-state index contributed by atoms with van der Waals surface area (Å²) in [5.41, 5.74) is 6.30. The number of fused-ring (bicyclic) bond motifs is 1. The molecule has 7 aromatic carbocycles. The Kier molecular flexibility index (Phi) is 26.6. The Morgan fingerprint density at radius 1 is 0.455 bits per heavy atom. The summed E-state index contributed by atoms with van der Waals surface area (Å²) >= 11 is 0. The summed E-state index contributed by atoms with van der Waals surface area (Å²) in [4.78, 5) is 13.6. The predicted molar refractivity (Wildman–Crippen MR) is 371 cm³/mol. The molecule has 5 aliphatic rings. The van der Waals surface area contributed by atoms with Crippen LogP contribution in [0, 0.1) is 0 Å². The lowest BCUT2D eigenvalue weighted by atomic mass is 9.94. The quantitative estimate of drug-likeness (QED) is 0.0376. The number of carbonyl (C=O) groups excluding carboxylic acids is 1. The fourth-order valence-corrected chi connectivity index (χ4v) is 13.4. The molecule has 1 amide bonds. The molecule has 0 spiro atoms. The van der Waals surface area contributed by atoms with Crippen molar-refractivity contribution in [2.75, 3.05) is 19.8 Å². The molecule has 0 unspecified atom stereocenters. The van der Waals surface area contributed by atoms with Gasteiger partial charge < -0.3 is 90.9 Å². The zero-order chi connectivity index (χ0) is 69.9. The summed E-state index contributed by atoms with van der Waals surface area (Å²) in [5.74, 6) is -1.59. The molecule has 101 heavy (non-hydrogen) atoms. The van der Waals surface area contributed by atoms with Crippen molar-refractivity contribution in [3.63, 3.8) is 0 Å². The number of amides is 1. The van der Waals surface area contributed by atoms with Crippen molar-refractivity contribution in [2.24, 2.45) is 0 Å². The van der Waals surface area contributed by atoms with Crippen molar-refractivity contribution in [3.8, 4) is 0 Å². The maximum atomic E-state index is 13.6. The Hall–Kier alpha value is -6.97. The van der Waals surface area contributed by atoms with E-state index in [1.807, 2.05) is 226 Å². The van der Waals surface area contributed by atoms with Crippen LogP contribution in [0.25, 0.3) is 0 Å². The summed E-state index contributed by atoms with van der Waals surface area (Å²) in [7, 11) is 0. The molecule has 12 rings (SSSR count). The fraction of sp³-hybridized carbons (Fsp3) is 0.444. The highest BCUT2D eigenvalue weighted by Gasteiger charge is 2.59. The molecule has 7 aromatic rings. The predicted octanol–water partition coefficient (Wildman–Crippen LogP) is 11.0. The van der Waals surface area contributed by atoms with E-state index in [4.69, 9.17) is 80.5 Å². The van der Waals surface area contributed by atoms with Crippen molar-refractivity contribution < 1.29 is 90.4 Å². The lowest BCUT2D eigenvalue weighted by Crippen LogP contribution is -2.71. The first-order valence-electron chi connectivity index (χ1n) is 35.0. The van der Waals surface area contributed by atoms with Crippen LogP contribution in [0.5, 0.6) is 0 Å². The van der Waals surface area contributed by atoms with Gasteiger partial charge in [-0.2, -0.15) is 0 Å². The molecule has 20 atom stereocenters. The molecule has 538 valence electrons. The van der Waals surface area contributed by atoms with Gasteiger partial charge in [0.1, 0.15) is 85.4 Å². The highest BCUT2D eigenvalue weighted by atomic mass is 16.8. The zero-order valence-electron chi connectivity index (χ0n) is 57.9. The standard InChI is InChI=1S/C81H95NO19/c1-7-43-86-78-75(71(90-48-60-37-23-12-24-38-60)67(53(2)94-78)87-45-57-31-17-9-18-32-57)100-80-76(99-77-65(82-55(4)83)66(84)69-64(96-77)52-93-81(5,6)101-69)73(68(54(3)95-80)88-46-58-33-19-10-20-34-58)98-79-74(92-50-62-41-27-14-28-42-62)72(91-49-61-39-25-13-26-40-61)70(89-47-59-35-21-11-22-36-59)63(97-79)51-85-44-56-29-15-8-16-30-56/h7-42,53-54,63-80,84H,1,43-52H2,2-6H3,(H,82,83)/t53-,54-,63+,64+,65+,66+,67-,68-,69+,70+,71+,72-,73+,74+,75+,76+,77-,78+,79-,80-/m0/s1. The number of hydrogen-bond acceptors (Lipinski definition) is 19. The second-order valence-corrected chi connectivity index (χ2v) is 26.5. The molecule has 5 fully saturated rings.